The van der Waals surface area contributed by atoms with Crippen LogP contribution in [0.15, 0.2) is 24.5 Å². The molecule has 6 heteroatoms. The zero-order chi connectivity index (χ0) is 16.9. The van der Waals surface area contributed by atoms with E-state index in [1.165, 1.54) is 0 Å². The Kier molecular flexibility index (Phi) is 5.25. The van der Waals surface area contributed by atoms with Crippen LogP contribution >= 0.6 is 0 Å². The summed E-state index contributed by atoms with van der Waals surface area (Å²) in [7, 11) is 0. The van der Waals surface area contributed by atoms with Gasteiger partial charge in [-0.25, -0.2) is 9.97 Å². The number of ether oxygens (including phenoxy) is 1. The highest BCUT2D eigenvalue weighted by atomic mass is 16.5. The second kappa shape index (κ2) is 7.57. The number of nitrogens with one attached hydrogen (secondary N) is 1. The molecule has 0 spiro atoms. The molecule has 1 aromatic heterocycles. The van der Waals surface area contributed by atoms with E-state index < -0.39 is 0 Å². The molecule has 0 bridgehead atoms. The Morgan fingerprint density at radius 1 is 1.29 bits per heavy atom. The molecule has 2 aromatic rings. The van der Waals surface area contributed by atoms with Gasteiger partial charge in [-0.3, -0.25) is 4.79 Å². The van der Waals surface area contributed by atoms with Crippen LogP contribution in [0.25, 0.3) is 10.9 Å². The predicted octanol–water partition coefficient (Wildman–Crippen LogP) is 2.24. The maximum Gasteiger partial charge on any atom is 0.251 e. The summed E-state index contributed by atoms with van der Waals surface area (Å²) in [6.45, 7) is 7.98. The highest BCUT2D eigenvalue weighted by molar-refractivity contribution is 6.00. The molecule has 2 heterocycles. The van der Waals surface area contributed by atoms with Crippen molar-refractivity contribution >= 4 is 22.6 Å². The fraction of sp³-hybridized carbons (Fsp3) is 0.500. The molecular weight excluding hydrogens is 304 g/mol. The maximum atomic E-state index is 12.4. The van der Waals surface area contributed by atoms with Gasteiger partial charge in [0.25, 0.3) is 5.91 Å². The molecule has 1 fully saturated rings. The number of rotatable bonds is 5. The fourth-order valence-corrected chi connectivity index (χ4v) is 2.79. The number of carbonyl (C=O) groups excluding carboxylic acids is 1. The number of carbonyl (C=O) groups is 1. The molecule has 0 saturated carbocycles. The van der Waals surface area contributed by atoms with Crippen LogP contribution < -0.4 is 10.2 Å². The maximum absolute atomic E-state index is 12.4. The smallest absolute Gasteiger partial charge is 0.251 e. The molecule has 1 amide bonds. The molecule has 128 valence electrons. The van der Waals surface area contributed by atoms with Crippen LogP contribution in [0.2, 0.25) is 0 Å². The molecule has 1 aromatic carbocycles. The summed E-state index contributed by atoms with van der Waals surface area (Å²) in [5.74, 6) is 1.40. The Bertz CT molecular complexity index is 711. The lowest BCUT2D eigenvalue weighted by Crippen LogP contribution is -2.37. The molecule has 1 aliphatic rings. The third kappa shape index (κ3) is 3.82. The minimum absolute atomic E-state index is 0.0469. The number of nitrogens with zero attached hydrogens (tertiary/aromatic N) is 3. The minimum atomic E-state index is -0.0469. The summed E-state index contributed by atoms with van der Waals surface area (Å²) in [5.41, 5.74) is 1.50. The van der Waals surface area contributed by atoms with Crippen molar-refractivity contribution in [2.75, 3.05) is 37.7 Å². The van der Waals surface area contributed by atoms with E-state index in [0.29, 0.717) is 31.2 Å². The first kappa shape index (κ1) is 16.6. The number of fused-ring (bicyclic) bond motifs is 1. The van der Waals surface area contributed by atoms with E-state index in [9.17, 15) is 4.79 Å². The van der Waals surface area contributed by atoms with Crippen molar-refractivity contribution in [3.05, 3.63) is 30.1 Å². The molecule has 6 nitrogen and oxygen atoms in total. The zero-order valence-electron chi connectivity index (χ0n) is 14.3. The lowest BCUT2D eigenvalue weighted by molar-refractivity contribution is 0.0952. The molecule has 0 radical (unpaired) electrons. The average molecular weight is 328 g/mol. The van der Waals surface area contributed by atoms with E-state index in [-0.39, 0.29) is 5.91 Å². The summed E-state index contributed by atoms with van der Waals surface area (Å²) >= 11 is 0. The second-order valence-electron chi connectivity index (χ2n) is 6.47. The normalized spacial score (nSPS) is 15.0. The first-order valence-corrected chi connectivity index (χ1v) is 8.51. The Labute approximate surface area is 142 Å². The van der Waals surface area contributed by atoms with Crippen LogP contribution in [0.4, 0.5) is 5.82 Å². The zero-order valence-corrected chi connectivity index (χ0v) is 14.3. The van der Waals surface area contributed by atoms with Gasteiger partial charge in [0.05, 0.1) is 18.7 Å². The van der Waals surface area contributed by atoms with Crippen molar-refractivity contribution in [1.29, 1.82) is 0 Å². The molecule has 0 atom stereocenters. The number of anilines is 1. The molecule has 1 saturated heterocycles. The third-order valence-electron chi connectivity index (χ3n) is 4.19. The number of amides is 1. The molecule has 24 heavy (non-hydrogen) atoms. The lowest BCUT2D eigenvalue weighted by atomic mass is 10.1. The average Bonchev–Trinajstić information content (AvgIpc) is 2.61. The monoisotopic (exact) mass is 328 g/mol. The largest absolute Gasteiger partial charge is 0.378 e. The van der Waals surface area contributed by atoms with Crippen LogP contribution in [-0.4, -0.2) is 48.7 Å². The van der Waals surface area contributed by atoms with Gasteiger partial charge in [0, 0.05) is 30.6 Å². The van der Waals surface area contributed by atoms with Crippen LogP contribution in [0.5, 0.6) is 0 Å². The van der Waals surface area contributed by atoms with Gasteiger partial charge in [-0.1, -0.05) is 13.8 Å². The van der Waals surface area contributed by atoms with Crippen LogP contribution in [0.3, 0.4) is 0 Å². The van der Waals surface area contributed by atoms with E-state index in [4.69, 9.17) is 4.74 Å². The van der Waals surface area contributed by atoms with Gasteiger partial charge in [0.15, 0.2) is 0 Å². The van der Waals surface area contributed by atoms with Crippen molar-refractivity contribution in [3.63, 3.8) is 0 Å². The van der Waals surface area contributed by atoms with Gasteiger partial charge in [0.1, 0.15) is 12.1 Å². The van der Waals surface area contributed by atoms with Gasteiger partial charge < -0.3 is 15.0 Å². The van der Waals surface area contributed by atoms with Crippen molar-refractivity contribution in [1.82, 2.24) is 15.3 Å². The number of aromatic nitrogens is 2. The molecule has 3 rings (SSSR count). The number of hydrogen-bond acceptors (Lipinski definition) is 5. The summed E-state index contributed by atoms with van der Waals surface area (Å²) in [6, 6.07) is 5.60. The lowest BCUT2D eigenvalue weighted by Gasteiger charge is -2.28. The number of hydrogen-bond donors (Lipinski definition) is 1. The van der Waals surface area contributed by atoms with E-state index in [2.05, 4.69) is 34.0 Å². The van der Waals surface area contributed by atoms with Crippen molar-refractivity contribution in [2.45, 2.75) is 20.3 Å². The van der Waals surface area contributed by atoms with Crippen molar-refractivity contribution in [3.8, 4) is 0 Å². The van der Waals surface area contributed by atoms with Gasteiger partial charge in [-0.05, 0) is 30.5 Å². The van der Waals surface area contributed by atoms with Gasteiger partial charge in [-0.2, -0.15) is 0 Å². The van der Waals surface area contributed by atoms with Crippen LogP contribution in [-0.2, 0) is 4.74 Å². The second-order valence-corrected chi connectivity index (χ2v) is 6.47. The van der Waals surface area contributed by atoms with Gasteiger partial charge in [-0.15, -0.1) is 0 Å². The van der Waals surface area contributed by atoms with E-state index >= 15 is 0 Å². The molecule has 1 aliphatic heterocycles. The summed E-state index contributed by atoms with van der Waals surface area (Å²) in [5, 5.41) is 3.89. The minimum Gasteiger partial charge on any atom is -0.378 e. The Morgan fingerprint density at radius 2 is 2.08 bits per heavy atom. The first-order chi connectivity index (χ1) is 11.6. The first-order valence-electron chi connectivity index (χ1n) is 8.51. The summed E-state index contributed by atoms with van der Waals surface area (Å²) in [6.07, 6.45) is 2.55. The molecule has 1 N–H and O–H groups in total. The van der Waals surface area contributed by atoms with Gasteiger partial charge >= 0.3 is 0 Å². The Balaban J connectivity index is 1.84. The summed E-state index contributed by atoms with van der Waals surface area (Å²) in [4.78, 5) is 23.3. The van der Waals surface area contributed by atoms with E-state index in [0.717, 1.165) is 36.2 Å². The van der Waals surface area contributed by atoms with Crippen LogP contribution in [0, 0.1) is 5.92 Å². The predicted molar refractivity (Wildman–Crippen MR) is 94.4 cm³/mol. The van der Waals surface area contributed by atoms with Crippen LogP contribution in [0.1, 0.15) is 30.6 Å². The van der Waals surface area contributed by atoms with E-state index in [1.54, 1.807) is 6.33 Å². The number of morpholine rings is 1. The molecule has 0 aliphatic carbocycles. The van der Waals surface area contributed by atoms with Crippen molar-refractivity contribution in [2.24, 2.45) is 5.92 Å². The summed E-state index contributed by atoms with van der Waals surface area (Å²) < 4.78 is 5.41. The third-order valence-corrected chi connectivity index (χ3v) is 4.19. The highest BCUT2D eigenvalue weighted by Gasteiger charge is 2.17. The SMILES string of the molecule is CC(C)CCNC(=O)c1ccc2ncnc(N3CCOCC3)c2c1. The quantitative estimate of drug-likeness (QED) is 0.912. The highest BCUT2D eigenvalue weighted by Crippen LogP contribution is 2.24. The van der Waals surface area contributed by atoms with Crippen molar-refractivity contribution < 1.29 is 9.53 Å². The Morgan fingerprint density at radius 3 is 2.83 bits per heavy atom. The van der Waals surface area contributed by atoms with E-state index in [1.807, 2.05) is 18.2 Å². The molecule has 0 unspecified atom stereocenters. The fourth-order valence-electron chi connectivity index (χ4n) is 2.79. The standard InChI is InChI=1S/C18H24N4O2/c1-13(2)5-6-19-18(23)14-3-4-16-15(11-14)17(21-12-20-16)22-7-9-24-10-8-22/h3-4,11-13H,5-10H2,1-2H3,(H,19,23). The van der Waals surface area contributed by atoms with Gasteiger partial charge in [0.2, 0.25) is 0 Å². The topological polar surface area (TPSA) is 67.4 Å². The number of benzene rings is 1. The Hall–Kier alpha value is -2.21. The molecular formula is C18H24N4O2.